The standard InChI is InChI=1S/C12H12BrN3O/c13-8-1-2-11-10(5-8)12(6-14-16-11)15-9-3-4-17-7-9/h1-2,5-6,9H,3-4,7H2,(H,15,16). The van der Waals surface area contributed by atoms with Crippen LogP contribution in [0.5, 0.6) is 0 Å². The van der Waals surface area contributed by atoms with Gasteiger partial charge in [-0.05, 0) is 24.6 Å². The summed E-state index contributed by atoms with van der Waals surface area (Å²) in [4.78, 5) is 0. The first-order valence-electron chi connectivity index (χ1n) is 5.58. The van der Waals surface area contributed by atoms with E-state index in [0.717, 1.165) is 40.7 Å². The molecule has 1 aliphatic heterocycles. The van der Waals surface area contributed by atoms with Gasteiger partial charge < -0.3 is 10.1 Å². The highest BCUT2D eigenvalue weighted by Crippen LogP contribution is 2.25. The summed E-state index contributed by atoms with van der Waals surface area (Å²) < 4.78 is 6.40. The second kappa shape index (κ2) is 4.58. The maximum atomic E-state index is 5.36. The molecule has 0 aliphatic carbocycles. The Balaban J connectivity index is 1.99. The van der Waals surface area contributed by atoms with E-state index in [1.165, 1.54) is 0 Å². The Bertz CT molecular complexity index is 540. The molecule has 1 aromatic heterocycles. The predicted octanol–water partition coefficient (Wildman–Crippen LogP) is 2.59. The zero-order chi connectivity index (χ0) is 11.7. The molecule has 3 rings (SSSR count). The highest BCUT2D eigenvalue weighted by atomic mass is 79.9. The zero-order valence-corrected chi connectivity index (χ0v) is 10.8. The topological polar surface area (TPSA) is 47.0 Å². The van der Waals surface area contributed by atoms with E-state index in [9.17, 15) is 0 Å². The molecular weight excluding hydrogens is 282 g/mol. The number of nitrogens with zero attached hydrogens (tertiary/aromatic N) is 2. The van der Waals surface area contributed by atoms with Gasteiger partial charge in [-0.25, -0.2) is 0 Å². The van der Waals surface area contributed by atoms with Crippen molar-refractivity contribution >= 4 is 32.5 Å². The quantitative estimate of drug-likeness (QED) is 0.925. The number of hydrogen-bond donors (Lipinski definition) is 1. The normalized spacial score (nSPS) is 19.7. The molecule has 5 heteroatoms. The second-order valence-electron chi connectivity index (χ2n) is 4.12. The Labute approximate surface area is 108 Å². The van der Waals surface area contributed by atoms with Crippen molar-refractivity contribution in [2.45, 2.75) is 12.5 Å². The number of fused-ring (bicyclic) bond motifs is 1. The first kappa shape index (κ1) is 10.9. The summed E-state index contributed by atoms with van der Waals surface area (Å²) >= 11 is 3.48. The van der Waals surface area contributed by atoms with Gasteiger partial charge in [0, 0.05) is 16.5 Å². The van der Waals surface area contributed by atoms with E-state index in [4.69, 9.17) is 4.74 Å². The van der Waals surface area contributed by atoms with Crippen molar-refractivity contribution in [1.82, 2.24) is 10.2 Å². The third-order valence-electron chi connectivity index (χ3n) is 2.89. The minimum Gasteiger partial charge on any atom is -0.379 e. The molecule has 2 heterocycles. The highest BCUT2D eigenvalue weighted by molar-refractivity contribution is 9.10. The number of aromatic nitrogens is 2. The van der Waals surface area contributed by atoms with E-state index < -0.39 is 0 Å². The second-order valence-corrected chi connectivity index (χ2v) is 5.04. The average Bonchev–Trinajstić information content (AvgIpc) is 2.83. The fraction of sp³-hybridized carbons (Fsp3) is 0.333. The molecule has 2 aromatic rings. The molecule has 0 spiro atoms. The average molecular weight is 294 g/mol. The fourth-order valence-corrected chi connectivity index (χ4v) is 2.37. The van der Waals surface area contributed by atoms with Crippen LogP contribution in [0.15, 0.2) is 28.9 Å². The Morgan fingerprint density at radius 1 is 1.41 bits per heavy atom. The molecule has 0 radical (unpaired) electrons. The summed E-state index contributed by atoms with van der Waals surface area (Å²) in [6, 6.07) is 6.37. The van der Waals surface area contributed by atoms with Gasteiger partial charge >= 0.3 is 0 Å². The summed E-state index contributed by atoms with van der Waals surface area (Å²) in [6.45, 7) is 1.59. The molecule has 0 saturated carbocycles. The van der Waals surface area contributed by atoms with Crippen LogP contribution in [0.3, 0.4) is 0 Å². The summed E-state index contributed by atoms with van der Waals surface area (Å²) in [5, 5.41) is 12.7. The van der Waals surface area contributed by atoms with Gasteiger partial charge in [-0.1, -0.05) is 15.9 Å². The summed E-state index contributed by atoms with van der Waals surface area (Å²) in [5.41, 5.74) is 1.92. The number of nitrogens with one attached hydrogen (secondary N) is 1. The molecule has 17 heavy (non-hydrogen) atoms. The van der Waals surface area contributed by atoms with Gasteiger partial charge in [-0.15, -0.1) is 0 Å². The molecule has 1 aliphatic rings. The van der Waals surface area contributed by atoms with Crippen molar-refractivity contribution in [3.8, 4) is 0 Å². The Hall–Kier alpha value is -1.20. The molecule has 1 aromatic carbocycles. The van der Waals surface area contributed by atoms with Crippen molar-refractivity contribution in [1.29, 1.82) is 0 Å². The lowest BCUT2D eigenvalue weighted by atomic mass is 10.2. The lowest BCUT2D eigenvalue weighted by Gasteiger charge is -2.13. The van der Waals surface area contributed by atoms with Gasteiger partial charge in [0.15, 0.2) is 0 Å². The van der Waals surface area contributed by atoms with Crippen LogP contribution in [0.25, 0.3) is 10.9 Å². The monoisotopic (exact) mass is 293 g/mol. The molecule has 1 atom stereocenters. The molecule has 4 nitrogen and oxygen atoms in total. The van der Waals surface area contributed by atoms with E-state index >= 15 is 0 Å². The Morgan fingerprint density at radius 3 is 3.18 bits per heavy atom. The smallest absolute Gasteiger partial charge is 0.0951 e. The van der Waals surface area contributed by atoms with Crippen LogP contribution in [0, 0.1) is 0 Å². The molecule has 0 amide bonds. The third-order valence-corrected chi connectivity index (χ3v) is 3.38. The minimum atomic E-state index is 0.376. The molecule has 1 N–H and O–H groups in total. The highest BCUT2D eigenvalue weighted by Gasteiger charge is 2.16. The van der Waals surface area contributed by atoms with Gasteiger partial charge in [0.05, 0.1) is 30.0 Å². The van der Waals surface area contributed by atoms with Crippen LogP contribution in [-0.4, -0.2) is 29.5 Å². The number of rotatable bonds is 2. The predicted molar refractivity (Wildman–Crippen MR) is 70.1 cm³/mol. The van der Waals surface area contributed by atoms with Gasteiger partial charge in [-0.2, -0.15) is 10.2 Å². The first-order valence-corrected chi connectivity index (χ1v) is 6.37. The fourth-order valence-electron chi connectivity index (χ4n) is 2.01. The van der Waals surface area contributed by atoms with Crippen molar-refractivity contribution in [3.63, 3.8) is 0 Å². The molecule has 1 unspecified atom stereocenters. The summed E-state index contributed by atoms with van der Waals surface area (Å²) in [6.07, 6.45) is 2.81. The van der Waals surface area contributed by atoms with Crippen LogP contribution in [0.2, 0.25) is 0 Å². The summed E-state index contributed by atoms with van der Waals surface area (Å²) in [7, 11) is 0. The number of halogens is 1. The first-order chi connectivity index (χ1) is 8.33. The largest absolute Gasteiger partial charge is 0.379 e. The van der Waals surface area contributed by atoms with E-state index in [1.54, 1.807) is 6.20 Å². The number of hydrogen-bond acceptors (Lipinski definition) is 4. The van der Waals surface area contributed by atoms with Crippen LogP contribution in [0.4, 0.5) is 5.69 Å². The van der Waals surface area contributed by atoms with Crippen molar-refractivity contribution in [2.75, 3.05) is 18.5 Å². The van der Waals surface area contributed by atoms with Gasteiger partial charge in [0.2, 0.25) is 0 Å². The Morgan fingerprint density at radius 2 is 2.35 bits per heavy atom. The Kier molecular flexibility index (Phi) is 2.94. The SMILES string of the molecule is Brc1ccc2nncc(NC3CCOC3)c2c1. The maximum absolute atomic E-state index is 5.36. The number of ether oxygens (including phenoxy) is 1. The number of benzene rings is 1. The maximum Gasteiger partial charge on any atom is 0.0951 e. The minimum absolute atomic E-state index is 0.376. The van der Waals surface area contributed by atoms with E-state index in [0.29, 0.717) is 6.04 Å². The van der Waals surface area contributed by atoms with Gasteiger partial charge in [0.1, 0.15) is 0 Å². The van der Waals surface area contributed by atoms with Crippen LogP contribution < -0.4 is 5.32 Å². The molecule has 1 saturated heterocycles. The van der Waals surface area contributed by atoms with Gasteiger partial charge in [0.25, 0.3) is 0 Å². The van der Waals surface area contributed by atoms with E-state index in [1.807, 2.05) is 12.1 Å². The van der Waals surface area contributed by atoms with Gasteiger partial charge in [-0.3, -0.25) is 0 Å². The van der Waals surface area contributed by atoms with E-state index in [-0.39, 0.29) is 0 Å². The van der Waals surface area contributed by atoms with Crippen LogP contribution in [-0.2, 0) is 4.74 Å². The van der Waals surface area contributed by atoms with E-state index in [2.05, 4.69) is 37.5 Å². The molecule has 1 fully saturated rings. The van der Waals surface area contributed by atoms with Crippen molar-refractivity contribution < 1.29 is 4.74 Å². The van der Waals surface area contributed by atoms with Crippen molar-refractivity contribution in [3.05, 3.63) is 28.9 Å². The lowest BCUT2D eigenvalue weighted by molar-refractivity contribution is 0.195. The van der Waals surface area contributed by atoms with Crippen LogP contribution in [0.1, 0.15) is 6.42 Å². The van der Waals surface area contributed by atoms with Crippen LogP contribution >= 0.6 is 15.9 Å². The van der Waals surface area contributed by atoms with Crippen molar-refractivity contribution in [2.24, 2.45) is 0 Å². The molecule has 88 valence electrons. The zero-order valence-electron chi connectivity index (χ0n) is 9.19. The summed E-state index contributed by atoms with van der Waals surface area (Å²) in [5.74, 6) is 0. The molecule has 0 bridgehead atoms. The number of anilines is 1. The third kappa shape index (κ3) is 2.25. The lowest BCUT2D eigenvalue weighted by Crippen LogP contribution is -2.19. The molecular formula is C12H12BrN3O.